The quantitative estimate of drug-likeness (QED) is 0.403. The van der Waals surface area contributed by atoms with Crippen LogP contribution in [0.25, 0.3) is 0 Å². The third-order valence-corrected chi connectivity index (χ3v) is 5.88. The van der Waals surface area contributed by atoms with E-state index in [0.29, 0.717) is 12.5 Å². The zero-order valence-corrected chi connectivity index (χ0v) is 18.2. The molecule has 5 nitrogen and oxygen atoms in total. The summed E-state index contributed by atoms with van der Waals surface area (Å²) in [6, 6.07) is 8.82. The first-order chi connectivity index (χ1) is 13.7. The Morgan fingerprint density at radius 3 is 2.82 bits per heavy atom. The van der Waals surface area contributed by atoms with Crippen LogP contribution in [0.5, 0.6) is 0 Å². The predicted octanol–water partition coefficient (Wildman–Crippen LogP) is 3.77. The fourth-order valence-electron chi connectivity index (χ4n) is 3.41. The Morgan fingerprint density at radius 2 is 2.07 bits per heavy atom. The Balaban J connectivity index is 1.42. The monoisotopic (exact) mass is 399 g/mol. The molecule has 2 aromatic rings. The van der Waals surface area contributed by atoms with Crippen molar-refractivity contribution in [1.82, 2.24) is 20.5 Å². The molecule has 2 heterocycles. The molecular formula is C22H33N5S. The average Bonchev–Trinajstić information content (AvgIpc) is 3.18. The number of hydrogen-bond donors (Lipinski definition) is 2. The minimum atomic E-state index is 0.474. The summed E-state index contributed by atoms with van der Waals surface area (Å²) < 4.78 is 0. The minimum Gasteiger partial charge on any atom is -0.357 e. The highest BCUT2D eigenvalue weighted by Crippen LogP contribution is 2.19. The molecule has 0 aliphatic carbocycles. The van der Waals surface area contributed by atoms with Crippen molar-refractivity contribution >= 4 is 17.3 Å². The lowest BCUT2D eigenvalue weighted by Crippen LogP contribution is -2.39. The van der Waals surface area contributed by atoms with Crippen molar-refractivity contribution < 1.29 is 0 Å². The number of aromatic nitrogens is 1. The van der Waals surface area contributed by atoms with E-state index in [2.05, 4.69) is 70.9 Å². The fraction of sp³-hybridized carbons (Fsp3) is 0.545. The maximum atomic E-state index is 4.70. The second kappa shape index (κ2) is 10.6. The van der Waals surface area contributed by atoms with Crippen LogP contribution in [0.3, 0.4) is 0 Å². The molecule has 0 atom stereocenters. The molecule has 0 saturated carbocycles. The Bertz CT molecular complexity index is 768. The Morgan fingerprint density at radius 1 is 1.25 bits per heavy atom. The third-order valence-electron chi connectivity index (χ3n) is 5.03. The van der Waals surface area contributed by atoms with Crippen molar-refractivity contribution in [2.24, 2.45) is 4.99 Å². The number of aliphatic imine (C=N–C) groups is 1. The summed E-state index contributed by atoms with van der Waals surface area (Å²) in [6.45, 7) is 12.2. The highest BCUT2D eigenvalue weighted by molar-refractivity contribution is 7.09. The molecule has 152 valence electrons. The van der Waals surface area contributed by atoms with Gasteiger partial charge in [0.1, 0.15) is 5.01 Å². The molecule has 1 aliphatic heterocycles. The van der Waals surface area contributed by atoms with E-state index in [1.807, 2.05) is 0 Å². The number of hydrogen-bond acceptors (Lipinski definition) is 4. The SMILES string of the molecule is CCNC(=NCc1nc(C(C)C)cs1)NCCCN1CCc2ccccc2C1. The lowest BCUT2D eigenvalue weighted by atomic mass is 10.00. The van der Waals surface area contributed by atoms with E-state index < -0.39 is 0 Å². The summed E-state index contributed by atoms with van der Waals surface area (Å²) in [6.07, 6.45) is 2.28. The smallest absolute Gasteiger partial charge is 0.191 e. The van der Waals surface area contributed by atoms with Crippen LogP contribution in [0.4, 0.5) is 0 Å². The zero-order chi connectivity index (χ0) is 19.8. The molecule has 2 N–H and O–H groups in total. The van der Waals surface area contributed by atoms with E-state index in [4.69, 9.17) is 4.99 Å². The van der Waals surface area contributed by atoms with Gasteiger partial charge in [-0.2, -0.15) is 0 Å². The molecule has 0 saturated heterocycles. The lowest BCUT2D eigenvalue weighted by molar-refractivity contribution is 0.251. The van der Waals surface area contributed by atoms with Crippen LogP contribution in [-0.2, 0) is 19.5 Å². The molecule has 0 bridgehead atoms. The maximum absolute atomic E-state index is 4.70. The minimum absolute atomic E-state index is 0.474. The van der Waals surface area contributed by atoms with Gasteiger partial charge in [0, 0.05) is 38.1 Å². The van der Waals surface area contributed by atoms with Gasteiger partial charge in [0.05, 0.1) is 12.2 Å². The second-order valence-electron chi connectivity index (χ2n) is 7.59. The van der Waals surface area contributed by atoms with Crippen LogP contribution < -0.4 is 10.6 Å². The summed E-state index contributed by atoms with van der Waals surface area (Å²) >= 11 is 1.70. The maximum Gasteiger partial charge on any atom is 0.191 e. The largest absolute Gasteiger partial charge is 0.357 e. The fourth-order valence-corrected chi connectivity index (χ4v) is 4.28. The van der Waals surface area contributed by atoms with E-state index in [0.717, 1.165) is 55.8 Å². The lowest BCUT2D eigenvalue weighted by Gasteiger charge is -2.28. The summed E-state index contributed by atoms with van der Waals surface area (Å²) in [4.78, 5) is 11.9. The Hall–Kier alpha value is -1.92. The van der Waals surface area contributed by atoms with Gasteiger partial charge in [-0.1, -0.05) is 38.1 Å². The average molecular weight is 400 g/mol. The van der Waals surface area contributed by atoms with Gasteiger partial charge >= 0.3 is 0 Å². The molecular weight excluding hydrogens is 366 g/mol. The normalized spacial score (nSPS) is 14.9. The molecule has 0 radical (unpaired) electrons. The molecule has 28 heavy (non-hydrogen) atoms. The number of rotatable bonds is 8. The van der Waals surface area contributed by atoms with E-state index in [-0.39, 0.29) is 0 Å². The van der Waals surface area contributed by atoms with Crippen molar-refractivity contribution in [3.63, 3.8) is 0 Å². The van der Waals surface area contributed by atoms with Gasteiger partial charge in [0.15, 0.2) is 5.96 Å². The van der Waals surface area contributed by atoms with Gasteiger partial charge in [-0.3, -0.25) is 4.90 Å². The van der Waals surface area contributed by atoms with Crippen LogP contribution in [0, 0.1) is 0 Å². The van der Waals surface area contributed by atoms with Crippen LogP contribution in [-0.4, -0.2) is 42.0 Å². The molecule has 1 aromatic heterocycles. The zero-order valence-electron chi connectivity index (χ0n) is 17.4. The number of guanidine groups is 1. The molecule has 3 rings (SSSR count). The van der Waals surface area contributed by atoms with E-state index >= 15 is 0 Å². The van der Waals surface area contributed by atoms with Crippen molar-refractivity contribution in [1.29, 1.82) is 0 Å². The number of benzene rings is 1. The second-order valence-corrected chi connectivity index (χ2v) is 8.53. The van der Waals surface area contributed by atoms with Gasteiger partial charge in [-0.25, -0.2) is 9.98 Å². The van der Waals surface area contributed by atoms with E-state index in [9.17, 15) is 0 Å². The van der Waals surface area contributed by atoms with E-state index in [1.165, 1.54) is 17.5 Å². The van der Waals surface area contributed by atoms with Crippen molar-refractivity contribution in [3.8, 4) is 0 Å². The molecule has 1 aromatic carbocycles. The van der Waals surface area contributed by atoms with Crippen LogP contribution in [0.1, 0.15) is 54.9 Å². The summed E-state index contributed by atoms with van der Waals surface area (Å²) in [5.41, 5.74) is 4.17. The molecule has 0 unspecified atom stereocenters. The van der Waals surface area contributed by atoms with Gasteiger partial charge < -0.3 is 10.6 Å². The topological polar surface area (TPSA) is 52.6 Å². The summed E-state index contributed by atoms with van der Waals surface area (Å²) in [5, 5.41) is 10.0. The highest BCUT2D eigenvalue weighted by Gasteiger charge is 2.14. The van der Waals surface area contributed by atoms with Crippen LogP contribution in [0.2, 0.25) is 0 Å². The Labute approximate surface area is 173 Å². The van der Waals surface area contributed by atoms with Gasteiger partial charge in [-0.05, 0) is 36.8 Å². The highest BCUT2D eigenvalue weighted by atomic mass is 32.1. The summed E-state index contributed by atoms with van der Waals surface area (Å²) in [7, 11) is 0. The van der Waals surface area contributed by atoms with Gasteiger partial charge in [0.2, 0.25) is 0 Å². The molecule has 0 spiro atoms. The first-order valence-electron chi connectivity index (χ1n) is 10.4. The number of thiazole rings is 1. The number of nitrogens with zero attached hydrogens (tertiary/aromatic N) is 3. The molecule has 6 heteroatoms. The first-order valence-corrected chi connectivity index (χ1v) is 11.3. The van der Waals surface area contributed by atoms with Crippen LogP contribution >= 0.6 is 11.3 Å². The first kappa shape index (κ1) is 20.8. The number of nitrogens with one attached hydrogen (secondary N) is 2. The molecule has 0 amide bonds. The van der Waals surface area contributed by atoms with Crippen molar-refractivity contribution in [3.05, 3.63) is 51.5 Å². The molecule has 0 fully saturated rings. The van der Waals surface area contributed by atoms with Crippen molar-refractivity contribution in [2.45, 2.75) is 52.6 Å². The van der Waals surface area contributed by atoms with Gasteiger partial charge in [0.25, 0.3) is 0 Å². The Kier molecular flexibility index (Phi) is 7.86. The van der Waals surface area contributed by atoms with Gasteiger partial charge in [-0.15, -0.1) is 11.3 Å². The molecule has 1 aliphatic rings. The summed E-state index contributed by atoms with van der Waals surface area (Å²) in [5.74, 6) is 1.36. The number of fused-ring (bicyclic) bond motifs is 1. The predicted molar refractivity (Wildman–Crippen MR) is 119 cm³/mol. The van der Waals surface area contributed by atoms with Crippen LogP contribution in [0.15, 0.2) is 34.6 Å². The standard InChI is InChI=1S/C22H33N5S/c1-4-23-22(25-14-21-26-20(16-28-21)17(2)3)24-11-7-12-27-13-10-18-8-5-6-9-19(18)15-27/h5-6,8-9,16-17H,4,7,10-15H2,1-3H3,(H2,23,24,25). The van der Waals surface area contributed by atoms with E-state index in [1.54, 1.807) is 11.3 Å². The third kappa shape index (κ3) is 6.04. The van der Waals surface area contributed by atoms with Crippen molar-refractivity contribution in [2.75, 3.05) is 26.2 Å².